The molecule has 6 aromatic rings. The van der Waals surface area contributed by atoms with E-state index in [-0.39, 0.29) is 67.8 Å². The number of primary amides is 1. The van der Waals surface area contributed by atoms with Gasteiger partial charge in [-0.2, -0.15) is 15.8 Å². The molecule has 16 heteroatoms. The Morgan fingerprint density at radius 2 is 0.920 bits per heavy atom. The number of rotatable bonds is 23. The van der Waals surface area contributed by atoms with Crippen molar-refractivity contribution in [3.05, 3.63) is 167 Å². The molecule has 0 spiro atoms. The largest absolute Gasteiger partial charge is 0.465 e. The molecule has 0 aliphatic carbocycles. The molecule has 6 aromatic carbocycles. The highest BCUT2D eigenvalue weighted by molar-refractivity contribution is 5.97. The minimum Gasteiger partial charge on any atom is -0.465 e. The van der Waals surface area contributed by atoms with Gasteiger partial charge in [-0.25, -0.2) is 4.79 Å². The van der Waals surface area contributed by atoms with Gasteiger partial charge in [-0.05, 0) is 130 Å². The molecule has 4 unspecified atom stereocenters. The number of carbonyl (C=O) groups excluding carboxylic acids is 5. The second-order valence-corrected chi connectivity index (χ2v) is 22.9. The number of nitrogens with two attached hydrogens (primary N) is 1. The van der Waals surface area contributed by atoms with Gasteiger partial charge in [0.2, 0.25) is 30.4 Å². The molecule has 1 aliphatic heterocycles. The number of hydrogen-bond donors (Lipinski definition) is 5. The monoisotopic (exact) mass is 1180 g/mol. The summed E-state index contributed by atoms with van der Waals surface area (Å²) in [6.07, 6.45) is 3.06. The van der Waals surface area contributed by atoms with Crippen molar-refractivity contribution in [2.75, 3.05) is 33.5 Å². The summed E-state index contributed by atoms with van der Waals surface area (Å²) >= 11 is 0. The van der Waals surface area contributed by atoms with Crippen LogP contribution >= 0.6 is 0 Å². The van der Waals surface area contributed by atoms with Crippen LogP contribution in [0.4, 0.5) is 0 Å². The summed E-state index contributed by atoms with van der Waals surface area (Å²) in [6, 6.07) is 50.3. The molecule has 1 heterocycles. The predicted molar refractivity (Wildman–Crippen MR) is 339 cm³/mol. The highest BCUT2D eigenvalue weighted by atomic mass is 16.7. The molecular weight excluding hydrogens is 1090 g/mol. The predicted octanol–water partition coefficient (Wildman–Crippen LogP) is 12.8. The van der Waals surface area contributed by atoms with Crippen LogP contribution in [-0.4, -0.2) is 68.2 Å². The number of ether oxygens (including phenoxy) is 3. The summed E-state index contributed by atoms with van der Waals surface area (Å²) in [5.74, 6) is 1.21. The van der Waals surface area contributed by atoms with Crippen molar-refractivity contribution in [3.63, 3.8) is 0 Å². The summed E-state index contributed by atoms with van der Waals surface area (Å²) in [5, 5.41) is 43.9. The fraction of sp³-hybridized carbons (Fsp3) is 0.380. The van der Waals surface area contributed by atoms with Crippen molar-refractivity contribution < 1.29 is 43.3 Å². The molecular formula is C71H85N7O9. The van der Waals surface area contributed by atoms with Crippen LogP contribution in [0.2, 0.25) is 0 Å². The minimum atomic E-state index is -0.491. The van der Waals surface area contributed by atoms with E-state index in [1.807, 2.05) is 146 Å². The Kier molecular flexibility index (Phi) is 29.5. The van der Waals surface area contributed by atoms with Crippen molar-refractivity contribution in [1.82, 2.24) is 16.0 Å². The maximum absolute atomic E-state index is 12.6. The Bertz CT molecular complexity index is 3330. The number of methoxy groups -OCH3 is 1. The first-order chi connectivity index (χ1) is 41.6. The number of nitrogens with zero attached hydrogens (tertiary/aromatic N) is 3. The molecule has 6 N–H and O–H groups in total. The normalized spacial score (nSPS) is 12.4. The average molecular weight is 1180 g/mol. The molecule has 0 bridgehead atoms. The third kappa shape index (κ3) is 23.2. The van der Waals surface area contributed by atoms with E-state index in [2.05, 4.69) is 71.3 Å². The third-order valence-corrected chi connectivity index (χ3v) is 14.0. The molecule has 87 heavy (non-hydrogen) atoms. The number of fused-ring (bicyclic) bond motifs is 1. The van der Waals surface area contributed by atoms with Gasteiger partial charge in [-0.1, -0.05) is 177 Å². The zero-order valence-electron chi connectivity index (χ0n) is 51.9. The molecule has 7 rings (SSSR count). The van der Waals surface area contributed by atoms with Gasteiger partial charge < -0.3 is 41.0 Å². The van der Waals surface area contributed by atoms with Gasteiger partial charge >= 0.3 is 5.97 Å². The number of hydrogen-bond acceptors (Lipinski definition) is 12. The van der Waals surface area contributed by atoms with Crippen LogP contribution in [-0.2, 0) is 23.9 Å². The van der Waals surface area contributed by atoms with Crippen molar-refractivity contribution in [1.29, 1.82) is 15.8 Å². The van der Waals surface area contributed by atoms with Gasteiger partial charge in [0.1, 0.15) is 19.6 Å². The van der Waals surface area contributed by atoms with E-state index in [0.29, 0.717) is 42.1 Å². The van der Waals surface area contributed by atoms with Crippen LogP contribution in [0.1, 0.15) is 151 Å². The van der Waals surface area contributed by atoms with Gasteiger partial charge in [-0.3, -0.25) is 19.2 Å². The van der Waals surface area contributed by atoms with Gasteiger partial charge in [0.15, 0.2) is 11.5 Å². The highest BCUT2D eigenvalue weighted by Gasteiger charge is 2.26. The zero-order chi connectivity index (χ0) is 64.0. The lowest BCUT2D eigenvalue weighted by atomic mass is 9.87. The van der Waals surface area contributed by atoms with E-state index in [0.717, 1.165) is 86.4 Å². The van der Waals surface area contributed by atoms with Crippen LogP contribution in [0.15, 0.2) is 140 Å². The van der Waals surface area contributed by atoms with Gasteiger partial charge in [-0.15, -0.1) is 0 Å². The Labute approximate surface area is 514 Å². The fourth-order valence-electron chi connectivity index (χ4n) is 9.62. The topological polar surface area (TPSA) is 267 Å². The summed E-state index contributed by atoms with van der Waals surface area (Å²) in [4.78, 5) is 59.8. The Hall–Kier alpha value is -9.30. The molecule has 0 saturated carbocycles. The first-order valence-corrected chi connectivity index (χ1v) is 29.5. The molecule has 0 fully saturated rings. The van der Waals surface area contributed by atoms with Crippen molar-refractivity contribution in [2.24, 2.45) is 29.4 Å². The lowest BCUT2D eigenvalue weighted by Gasteiger charge is -2.19. The highest BCUT2D eigenvalue weighted by Crippen LogP contribution is 2.38. The molecule has 0 saturated heterocycles. The number of aliphatic hydroxyl groups excluding tert-OH is 1. The van der Waals surface area contributed by atoms with Crippen LogP contribution in [0.25, 0.3) is 33.4 Å². The Morgan fingerprint density at radius 3 is 1.33 bits per heavy atom. The third-order valence-electron chi connectivity index (χ3n) is 14.0. The zero-order valence-corrected chi connectivity index (χ0v) is 51.9. The second-order valence-electron chi connectivity index (χ2n) is 22.9. The van der Waals surface area contributed by atoms with Crippen LogP contribution < -0.4 is 31.2 Å². The summed E-state index contributed by atoms with van der Waals surface area (Å²) < 4.78 is 15.7. The lowest BCUT2D eigenvalue weighted by molar-refractivity contribution is -0.123. The lowest BCUT2D eigenvalue weighted by Crippen LogP contribution is -2.30. The number of nitriles is 3. The van der Waals surface area contributed by atoms with Crippen molar-refractivity contribution >= 4 is 29.6 Å². The number of carbonyl (C=O) groups is 5. The van der Waals surface area contributed by atoms with Gasteiger partial charge in [0.05, 0.1) is 54.7 Å². The minimum absolute atomic E-state index is 0.0156. The number of esters is 1. The van der Waals surface area contributed by atoms with Crippen molar-refractivity contribution in [3.8, 4) is 63.1 Å². The standard InChI is InChI=1S/C22H24N2O3.C22H26N2O2.C21H22N2O3.C6H13NO/c1-15(2)13-20(21(25)24-12-11-23)17-8-6-7-16(14-17)18-9-4-5-10-19(18)22(26)27-3;1-15(2)13-21(22(26)24-12-11-23)20-6-4-5-19(14-20)18-9-7-17(8-10-18)16(3)25;1-14(2)10-18(21(24)23-9-8-22)17-5-3-4-15(11-17)16-6-7-19-20(12-16)26-13-25-19;1-5(2)3-4-6(7)8/h4-10,14-15,20H,12-13H2,1-3H3,(H,24,25);4-10,14-16,21,25H,12-13H2,1-3H3,(H,24,26);3-7,11-12,14,18H,9-10,13H2,1-2H3,(H,23,24);5H,3-4H2,1-2H3,(H2,7,8). The van der Waals surface area contributed by atoms with Crippen LogP contribution in [0, 0.1) is 57.7 Å². The molecule has 458 valence electrons. The second kappa shape index (κ2) is 36.5. The number of benzene rings is 6. The molecule has 4 amide bonds. The maximum atomic E-state index is 12.6. The van der Waals surface area contributed by atoms with E-state index in [1.54, 1.807) is 19.1 Å². The molecule has 0 aromatic heterocycles. The van der Waals surface area contributed by atoms with Crippen LogP contribution in [0.3, 0.4) is 0 Å². The summed E-state index contributed by atoms with van der Waals surface area (Å²) in [7, 11) is 1.35. The first kappa shape index (κ1) is 70.2. The number of aliphatic hydroxyl groups is 1. The van der Waals surface area contributed by atoms with E-state index in [9.17, 15) is 29.1 Å². The maximum Gasteiger partial charge on any atom is 0.338 e. The SMILES string of the molecule is CC(C)CC(C(=O)NCC#N)c1cccc(-c2ccc(C(C)O)cc2)c1.CC(C)CC(C(=O)NCC#N)c1cccc(-c2ccc3c(c2)OCO3)c1.CC(C)CCC(N)=O.COC(=O)c1ccccc1-c1cccc(C(CC(C)C)C(=O)NCC#N)c1. The number of amides is 4. The quantitative estimate of drug-likeness (QED) is 0.0296. The van der Waals surface area contributed by atoms with E-state index in [1.165, 1.54) is 7.11 Å². The smallest absolute Gasteiger partial charge is 0.338 e. The Balaban J connectivity index is 0.000000262. The van der Waals surface area contributed by atoms with E-state index in [4.69, 9.17) is 35.7 Å². The molecule has 1 aliphatic rings. The first-order valence-electron chi connectivity index (χ1n) is 29.5. The van der Waals surface area contributed by atoms with Gasteiger partial charge in [0, 0.05) is 6.42 Å². The Morgan fingerprint density at radius 1 is 0.506 bits per heavy atom. The van der Waals surface area contributed by atoms with E-state index >= 15 is 0 Å². The van der Waals surface area contributed by atoms with Gasteiger partial charge in [0.25, 0.3) is 0 Å². The van der Waals surface area contributed by atoms with Crippen LogP contribution in [0.5, 0.6) is 11.5 Å². The van der Waals surface area contributed by atoms with Crippen molar-refractivity contribution in [2.45, 2.75) is 118 Å². The molecule has 16 nitrogen and oxygen atoms in total. The molecule has 0 radical (unpaired) electrons. The number of nitrogens with one attached hydrogen (secondary N) is 3. The summed E-state index contributed by atoms with van der Waals surface area (Å²) in [6.45, 7) is 18.6. The average Bonchev–Trinajstić information content (AvgIpc) is 3.92. The molecule has 4 atom stereocenters. The fourth-order valence-corrected chi connectivity index (χ4v) is 9.62. The summed E-state index contributed by atoms with van der Waals surface area (Å²) in [5.41, 5.74) is 14.7. The van der Waals surface area contributed by atoms with E-state index < -0.39 is 12.1 Å².